The third kappa shape index (κ3) is 3.65. The van der Waals surface area contributed by atoms with E-state index in [1.807, 2.05) is 0 Å². The molecule has 0 heteroatoms. The van der Waals surface area contributed by atoms with Crippen LogP contribution in [0.15, 0.2) is 84.9 Å². The summed E-state index contributed by atoms with van der Waals surface area (Å²) in [7, 11) is 0. The number of benzene rings is 3. The van der Waals surface area contributed by atoms with Gasteiger partial charge in [-0.1, -0.05) is 90.5 Å². The highest BCUT2D eigenvalue weighted by Gasteiger charge is 2.14. The summed E-state index contributed by atoms with van der Waals surface area (Å²) in [5.74, 6) is 1.42. The molecule has 0 aliphatic rings. The summed E-state index contributed by atoms with van der Waals surface area (Å²) in [6.45, 7) is 2.13. The molecule has 0 N–H and O–H groups in total. The molecule has 0 aromatic heterocycles. The van der Waals surface area contributed by atoms with Crippen LogP contribution in [0, 0.1) is 12.8 Å². The zero-order chi connectivity index (χ0) is 15.2. The third-order valence-corrected chi connectivity index (χ3v) is 4.03. The quantitative estimate of drug-likeness (QED) is 0.572. The fraction of sp³-hybridized carbons (Fsp3) is 0.136. The second kappa shape index (κ2) is 7.09. The number of hydrogen-bond donors (Lipinski definition) is 0. The third-order valence-electron chi connectivity index (χ3n) is 4.03. The van der Waals surface area contributed by atoms with E-state index in [1.54, 1.807) is 0 Å². The van der Waals surface area contributed by atoms with Gasteiger partial charge in [-0.05, 0) is 36.5 Å². The second-order valence-corrected chi connectivity index (χ2v) is 5.70. The lowest BCUT2D eigenvalue weighted by Gasteiger charge is -2.17. The maximum atomic E-state index is 2.24. The molecular formula is C22H21. The lowest BCUT2D eigenvalue weighted by atomic mass is 9.86. The molecule has 0 nitrogen and oxygen atoms in total. The monoisotopic (exact) mass is 285 g/mol. The number of hydrogen-bond acceptors (Lipinski definition) is 0. The van der Waals surface area contributed by atoms with Crippen molar-refractivity contribution in [3.05, 3.63) is 113 Å². The Bertz CT molecular complexity index is 681. The van der Waals surface area contributed by atoms with Gasteiger partial charge in [0, 0.05) is 5.92 Å². The molecule has 0 heterocycles. The summed E-state index contributed by atoms with van der Waals surface area (Å²) in [5, 5.41) is 0. The maximum Gasteiger partial charge on any atom is 0.0343 e. The van der Waals surface area contributed by atoms with Crippen molar-refractivity contribution in [3.8, 4) is 0 Å². The zero-order valence-corrected chi connectivity index (χ0v) is 13.0. The van der Waals surface area contributed by atoms with E-state index in [9.17, 15) is 0 Å². The molecule has 22 heavy (non-hydrogen) atoms. The van der Waals surface area contributed by atoms with Crippen molar-refractivity contribution in [3.63, 3.8) is 0 Å². The first-order valence-electron chi connectivity index (χ1n) is 7.85. The molecule has 109 valence electrons. The minimum absolute atomic E-state index is 1.05. The summed E-state index contributed by atoms with van der Waals surface area (Å²) in [5.41, 5.74) is 5.34. The summed E-state index contributed by atoms with van der Waals surface area (Å²) in [4.78, 5) is 0. The van der Waals surface area contributed by atoms with Crippen molar-refractivity contribution in [1.29, 1.82) is 0 Å². The van der Waals surface area contributed by atoms with Crippen molar-refractivity contribution in [2.75, 3.05) is 0 Å². The normalized spacial score (nSPS) is 10.8. The second-order valence-electron chi connectivity index (χ2n) is 5.70. The molecule has 0 fully saturated rings. The van der Waals surface area contributed by atoms with E-state index in [4.69, 9.17) is 0 Å². The molecular weight excluding hydrogens is 264 g/mol. The average molecular weight is 285 g/mol. The van der Waals surface area contributed by atoms with Gasteiger partial charge in [-0.2, -0.15) is 0 Å². The predicted molar refractivity (Wildman–Crippen MR) is 93.8 cm³/mol. The Morgan fingerprint density at radius 1 is 0.636 bits per heavy atom. The zero-order valence-electron chi connectivity index (χ0n) is 13.0. The minimum Gasteiger partial charge on any atom is -0.0622 e. The Hall–Kier alpha value is -2.34. The van der Waals surface area contributed by atoms with Crippen molar-refractivity contribution < 1.29 is 0 Å². The summed E-state index contributed by atoms with van der Waals surface area (Å²) in [6.07, 6.45) is 2.12. The standard InChI is InChI=1S/C22H21/c1-18-12-15-21(16-13-18)22(20-10-6-3-7-11-20)17-14-19-8-4-2-5-9-19/h2-13,15-16H,14,17H2,1H3. The molecule has 0 bridgehead atoms. The molecule has 3 aromatic rings. The lowest BCUT2D eigenvalue weighted by molar-refractivity contribution is 0.876. The molecule has 3 aromatic carbocycles. The lowest BCUT2D eigenvalue weighted by Crippen LogP contribution is -2.04. The van der Waals surface area contributed by atoms with Crippen LogP contribution in [0.25, 0.3) is 0 Å². The molecule has 3 rings (SSSR count). The highest BCUT2D eigenvalue weighted by molar-refractivity contribution is 5.46. The molecule has 0 saturated heterocycles. The van der Waals surface area contributed by atoms with Gasteiger partial charge in [0.05, 0.1) is 0 Å². The van der Waals surface area contributed by atoms with Gasteiger partial charge in [0.1, 0.15) is 0 Å². The van der Waals surface area contributed by atoms with E-state index in [0.29, 0.717) is 0 Å². The Morgan fingerprint density at radius 3 is 1.82 bits per heavy atom. The van der Waals surface area contributed by atoms with Gasteiger partial charge >= 0.3 is 0 Å². The van der Waals surface area contributed by atoms with Gasteiger partial charge in [0.25, 0.3) is 0 Å². The molecule has 0 aliphatic heterocycles. The summed E-state index contributed by atoms with van der Waals surface area (Å²) >= 11 is 0. The van der Waals surface area contributed by atoms with Gasteiger partial charge in [0.2, 0.25) is 0 Å². The van der Waals surface area contributed by atoms with Crippen molar-refractivity contribution >= 4 is 0 Å². The van der Waals surface area contributed by atoms with Crippen LogP contribution in [0.1, 0.15) is 28.7 Å². The maximum absolute atomic E-state index is 2.24. The summed E-state index contributed by atoms with van der Waals surface area (Å²) < 4.78 is 0. The molecule has 0 aliphatic carbocycles. The van der Waals surface area contributed by atoms with Gasteiger partial charge in [-0.25, -0.2) is 0 Å². The molecule has 0 unspecified atom stereocenters. The molecule has 0 atom stereocenters. The predicted octanol–water partition coefficient (Wildman–Crippen LogP) is 5.60. The first kappa shape index (κ1) is 14.6. The van der Waals surface area contributed by atoms with Crippen LogP contribution in [0.5, 0.6) is 0 Å². The average Bonchev–Trinajstić information content (AvgIpc) is 2.58. The number of aryl methyl sites for hydroxylation is 2. The largest absolute Gasteiger partial charge is 0.0622 e. The highest BCUT2D eigenvalue weighted by atomic mass is 14.2. The van der Waals surface area contributed by atoms with Gasteiger partial charge in [-0.15, -0.1) is 0 Å². The van der Waals surface area contributed by atoms with Gasteiger partial charge in [-0.3, -0.25) is 0 Å². The van der Waals surface area contributed by atoms with Crippen LogP contribution in [-0.4, -0.2) is 0 Å². The SMILES string of the molecule is Cc1ccc([C](CCc2ccccc2)c2ccccc2)cc1. The van der Waals surface area contributed by atoms with Gasteiger partial charge < -0.3 is 0 Å². The topological polar surface area (TPSA) is 0 Å². The Kier molecular flexibility index (Phi) is 4.70. The fourth-order valence-electron chi connectivity index (χ4n) is 2.76. The molecule has 1 radical (unpaired) electrons. The number of rotatable bonds is 5. The molecule has 0 saturated carbocycles. The van der Waals surface area contributed by atoms with E-state index >= 15 is 0 Å². The Morgan fingerprint density at radius 2 is 1.18 bits per heavy atom. The van der Waals surface area contributed by atoms with E-state index in [-0.39, 0.29) is 0 Å². The van der Waals surface area contributed by atoms with Crippen LogP contribution in [0.2, 0.25) is 0 Å². The van der Waals surface area contributed by atoms with Crippen molar-refractivity contribution in [1.82, 2.24) is 0 Å². The van der Waals surface area contributed by atoms with Crippen LogP contribution < -0.4 is 0 Å². The van der Waals surface area contributed by atoms with Crippen LogP contribution >= 0.6 is 0 Å². The smallest absolute Gasteiger partial charge is 0.0343 e. The molecule has 0 spiro atoms. The summed E-state index contributed by atoms with van der Waals surface area (Å²) in [6, 6.07) is 30.3. The van der Waals surface area contributed by atoms with Crippen LogP contribution in [0.3, 0.4) is 0 Å². The fourth-order valence-corrected chi connectivity index (χ4v) is 2.76. The Balaban J connectivity index is 1.85. The van der Waals surface area contributed by atoms with Gasteiger partial charge in [0.15, 0.2) is 0 Å². The Labute approximate surface area is 133 Å². The van der Waals surface area contributed by atoms with E-state index in [2.05, 4.69) is 91.9 Å². The minimum atomic E-state index is 1.05. The van der Waals surface area contributed by atoms with Crippen molar-refractivity contribution in [2.24, 2.45) is 0 Å². The van der Waals surface area contributed by atoms with E-state index in [1.165, 1.54) is 28.2 Å². The van der Waals surface area contributed by atoms with Crippen LogP contribution in [-0.2, 0) is 6.42 Å². The van der Waals surface area contributed by atoms with E-state index < -0.39 is 0 Å². The highest BCUT2D eigenvalue weighted by Crippen LogP contribution is 2.28. The van der Waals surface area contributed by atoms with E-state index in [0.717, 1.165) is 12.8 Å². The van der Waals surface area contributed by atoms with Crippen molar-refractivity contribution in [2.45, 2.75) is 19.8 Å². The molecule has 0 amide bonds. The first-order valence-corrected chi connectivity index (χ1v) is 7.85. The first-order chi connectivity index (χ1) is 10.8. The van der Waals surface area contributed by atoms with Crippen LogP contribution in [0.4, 0.5) is 0 Å².